The number of nitrogens with zero attached hydrogens (tertiary/aromatic N) is 2. The van der Waals surface area contributed by atoms with Crippen LogP contribution in [-0.2, 0) is 16.1 Å². The van der Waals surface area contributed by atoms with Gasteiger partial charge in [-0.25, -0.2) is 4.39 Å². The van der Waals surface area contributed by atoms with Crippen molar-refractivity contribution in [1.29, 1.82) is 0 Å². The zero-order valence-corrected chi connectivity index (χ0v) is 15.9. The lowest BCUT2D eigenvalue weighted by atomic mass is 9.91. The Labute approximate surface area is 160 Å². The van der Waals surface area contributed by atoms with Gasteiger partial charge in [0.05, 0.1) is 18.8 Å². The first-order chi connectivity index (χ1) is 13.2. The fraction of sp³-hybridized carbons (Fsp3) is 0.667. The molecule has 2 heterocycles. The van der Waals surface area contributed by atoms with Gasteiger partial charge in [-0.2, -0.15) is 0 Å². The molecule has 1 aromatic rings. The van der Waals surface area contributed by atoms with Crippen molar-refractivity contribution in [3.8, 4) is 0 Å². The fourth-order valence-electron chi connectivity index (χ4n) is 4.31. The van der Waals surface area contributed by atoms with E-state index in [1.807, 2.05) is 4.90 Å². The molecule has 4 rings (SSSR count). The molecule has 3 fully saturated rings. The van der Waals surface area contributed by atoms with Crippen LogP contribution >= 0.6 is 0 Å². The Morgan fingerprint density at radius 1 is 1.11 bits per heavy atom. The molecule has 0 spiro atoms. The highest BCUT2D eigenvalue weighted by Crippen LogP contribution is 2.26. The molecule has 2 atom stereocenters. The second-order valence-electron chi connectivity index (χ2n) is 8.06. The van der Waals surface area contributed by atoms with E-state index in [1.165, 1.54) is 31.4 Å². The molecular formula is C21H30FN3O2. The van der Waals surface area contributed by atoms with E-state index in [1.54, 1.807) is 12.1 Å². The number of hydrogen-bond donors (Lipinski definition) is 1. The van der Waals surface area contributed by atoms with Crippen molar-refractivity contribution in [2.75, 3.05) is 32.7 Å². The van der Waals surface area contributed by atoms with Gasteiger partial charge in [-0.05, 0) is 43.4 Å². The number of benzene rings is 1. The van der Waals surface area contributed by atoms with Gasteiger partial charge in [-0.15, -0.1) is 0 Å². The number of carbonyl (C=O) groups is 1. The lowest BCUT2D eigenvalue weighted by Crippen LogP contribution is -2.46. The molecule has 0 radical (unpaired) electrons. The molecule has 1 saturated carbocycles. The Morgan fingerprint density at radius 3 is 2.67 bits per heavy atom. The maximum absolute atomic E-state index is 13.0. The van der Waals surface area contributed by atoms with Crippen LogP contribution in [0, 0.1) is 5.82 Å². The van der Waals surface area contributed by atoms with Crippen molar-refractivity contribution in [2.24, 2.45) is 0 Å². The zero-order chi connectivity index (χ0) is 18.6. The second-order valence-corrected chi connectivity index (χ2v) is 8.06. The van der Waals surface area contributed by atoms with Crippen molar-refractivity contribution in [1.82, 2.24) is 15.1 Å². The average molecular weight is 375 g/mol. The molecule has 1 amide bonds. The molecule has 3 aliphatic rings. The molecule has 5 nitrogen and oxygen atoms in total. The third kappa shape index (κ3) is 4.68. The first-order valence-electron chi connectivity index (χ1n) is 10.3. The third-order valence-electron chi connectivity index (χ3n) is 6.22. The van der Waals surface area contributed by atoms with E-state index in [2.05, 4.69) is 10.2 Å². The maximum atomic E-state index is 13.0. The van der Waals surface area contributed by atoms with Gasteiger partial charge >= 0.3 is 0 Å². The predicted molar refractivity (Wildman–Crippen MR) is 102 cm³/mol. The van der Waals surface area contributed by atoms with Crippen molar-refractivity contribution in [3.05, 3.63) is 35.6 Å². The van der Waals surface area contributed by atoms with Crippen molar-refractivity contribution in [2.45, 2.75) is 56.9 Å². The summed E-state index contributed by atoms with van der Waals surface area (Å²) >= 11 is 0. The van der Waals surface area contributed by atoms with Gasteiger partial charge in [0.15, 0.2) is 0 Å². The third-order valence-corrected chi connectivity index (χ3v) is 6.22. The van der Waals surface area contributed by atoms with Gasteiger partial charge in [0.25, 0.3) is 0 Å². The molecule has 148 valence electrons. The Morgan fingerprint density at radius 2 is 1.93 bits per heavy atom. The SMILES string of the molecule is O=C([C@H]1C[C@H](OCc2ccc(F)cc2)CN1)N1CCCN(C2CCC2)CC1. The van der Waals surface area contributed by atoms with E-state index >= 15 is 0 Å². The van der Waals surface area contributed by atoms with Gasteiger partial charge in [0.2, 0.25) is 5.91 Å². The van der Waals surface area contributed by atoms with Crippen LogP contribution in [0.1, 0.15) is 37.7 Å². The monoisotopic (exact) mass is 375 g/mol. The van der Waals surface area contributed by atoms with Crippen LogP contribution in [-0.4, -0.2) is 66.6 Å². The summed E-state index contributed by atoms with van der Waals surface area (Å²) in [5, 5.41) is 3.34. The number of halogens is 1. The van der Waals surface area contributed by atoms with E-state index in [4.69, 9.17) is 4.74 Å². The van der Waals surface area contributed by atoms with E-state index in [0.717, 1.165) is 44.2 Å². The molecule has 1 N–H and O–H groups in total. The van der Waals surface area contributed by atoms with Crippen LogP contribution < -0.4 is 5.32 Å². The quantitative estimate of drug-likeness (QED) is 0.857. The van der Waals surface area contributed by atoms with Crippen LogP contribution in [0.5, 0.6) is 0 Å². The molecule has 2 saturated heterocycles. The molecule has 1 aliphatic carbocycles. The fourth-order valence-corrected chi connectivity index (χ4v) is 4.31. The van der Waals surface area contributed by atoms with E-state index in [9.17, 15) is 9.18 Å². The highest BCUT2D eigenvalue weighted by molar-refractivity contribution is 5.82. The van der Waals surface area contributed by atoms with Crippen LogP contribution in [0.25, 0.3) is 0 Å². The molecule has 0 aromatic heterocycles. The van der Waals surface area contributed by atoms with Gasteiger partial charge in [-0.1, -0.05) is 18.6 Å². The molecule has 0 unspecified atom stereocenters. The first-order valence-corrected chi connectivity index (χ1v) is 10.3. The van der Waals surface area contributed by atoms with Gasteiger partial charge < -0.3 is 15.0 Å². The largest absolute Gasteiger partial charge is 0.372 e. The number of carbonyl (C=O) groups excluding carboxylic acids is 1. The normalized spacial score (nSPS) is 27.4. The minimum Gasteiger partial charge on any atom is -0.372 e. The summed E-state index contributed by atoms with van der Waals surface area (Å²) in [6, 6.07) is 7.00. The summed E-state index contributed by atoms with van der Waals surface area (Å²) in [5.41, 5.74) is 0.954. The van der Waals surface area contributed by atoms with E-state index in [-0.39, 0.29) is 23.9 Å². The maximum Gasteiger partial charge on any atom is 0.239 e. The van der Waals surface area contributed by atoms with E-state index in [0.29, 0.717) is 19.6 Å². The van der Waals surface area contributed by atoms with Crippen LogP contribution in [0.2, 0.25) is 0 Å². The van der Waals surface area contributed by atoms with Gasteiger partial charge in [-0.3, -0.25) is 9.69 Å². The topological polar surface area (TPSA) is 44.8 Å². The molecule has 2 aliphatic heterocycles. The van der Waals surface area contributed by atoms with Gasteiger partial charge in [0.1, 0.15) is 5.82 Å². The molecule has 0 bridgehead atoms. The molecule has 1 aromatic carbocycles. The van der Waals surface area contributed by atoms with E-state index < -0.39 is 0 Å². The van der Waals surface area contributed by atoms with Crippen LogP contribution in [0.3, 0.4) is 0 Å². The minimum atomic E-state index is -0.236. The standard InChI is InChI=1S/C21H30FN3O2/c22-17-7-5-16(6-8-17)15-27-19-13-20(23-14-19)21(26)25-10-2-9-24(11-12-25)18-3-1-4-18/h5-8,18-20,23H,1-4,9-15H2/t19-,20+/m0/s1. The summed E-state index contributed by atoms with van der Waals surface area (Å²) in [4.78, 5) is 17.5. The van der Waals surface area contributed by atoms with Crippen LogP contribution in [0.15, 0.2) is 24.3 Å². The Hall–Kier alpha value is -1.50. The van der Waals surface area contributed by atoms with Gasteiger partial charge in [0, 0.05) is 38.8 Å². The molecule has 6 heteroatoms. The second kappa shape index (κ2) is 8.67. The summed E-state index contributed by atoms with van der Waals surface area (Å²) in [6.07, 6.45) is 5.82. The predicted octanol–water partition coefficient (Wildman–Crippen LogP) is 2.16. The smallest absolute Gasteiger partial charge is 0.239 e. The van der Waals surface area contributed by atoms with Crippen molar-refractivity contribution in [3.63, 3.8) is 0 Å². The number of amides is 1. The lowest BCUT2D eigenvalue weighted by molar-refractivity contribution is -0.133. The zero-order valence-electron chi connectivity index (χ0n) is 15.9. The summed E-state index contributed by atoms with van der Waals surface area (Å²) in [7, 11) is 0. The minimum absolute atomic E-state index is 0.0301. The van der Waals surface area contributed by atoms with Crippen molar-refractivity contribution < 1.29 is 13.9 Å². The molecule has 27 heavy (non-hydrogen) atoms. The summed E-state index contributed by atoms with van der Waals surface area (Å²) in [5.74, 6) is -0.0152. The highest BCUT2D eigenvalue weighted by Gasteiger charge is 2.34. The lowest BCUT2D eigenvalue weighted by Gasteiger charge is -2.36. The van der Waals surface area contributed by atoms with Crippen molar-refractivity contribution >= 4 is 5.91 Å². The van der Waals surface area contributed by atoms with Crippen LogP contribution in [0.4, 0.5) is 4.39 Å². The number of ether oxygens (including phenoxy) is 1. The Balaban J connectivity index is 1.23. The number of hydrogen-bond acceptors (Lipinski definition) is 4. The summed E-state index contributed by atoms with van der Waals surface area (Å²) < 4.78 is 18.9. The number of nitrogens with one attached hydrogen (secondary N) is 1. The number of rotatable bonds is 5. The summed E-state index contributed by atoms with van der Waals surface area (Å²) in [6.45, 7) is 4.98. The molecular weight excluding hydrogens is 345 g/mol. The average Bonchev–Trinajstić information content (AvgIpc) is 2.98. The first kappa shape index (κ1) is 18.8. The Kier molecular flexibility index (Phi) is 6.05. The highest BCUT2D eigenvalue weighted by atomic mass is 19.1. The Bertz CT molecular complexity index is 635.